The Kier molecular flexibility index (Phi) is 4.97. The predicted molar refractivity (Wildman–Crippen MR) is 181 cm³/mol. The molecule has 5 aliphatic rings. The molecule has 0 N–H and O–H groups in total. The second-order valence-corrected chi connectivity index (χ2v) is 15.4. The number of fused-ring (bicyclic) bond motifs is 9. The lowest BCUT2D eigenvalue weighted by Crippen LogP contribution is -2.42. The minimum absolute atomic E-state index is 0.0754. The van der Waals surface area contributed by atoms with Crippen molar-refractivity contribution in [1.29, 1.82) is 0 Å². The summed E-state index contributed by atoms with van der Waals surface area (Å²) in [6.45, 7) is 15.0. The molecule has 2 fully saturated rings. The average Bonchev–Trinajstić information content (AvgIpc) is 3.73. The van der Waals surface area contributed by atoms with Crippen molar-refractivity contribution in [1.82, 2.24) is 0 Å². The third kappa shape index (κ3) is 2.59. The van der Waals surface area contributed by atoms with Gasteiger partial charge in [0, 0.05) is 16.2 Å². The maximum absolute atomic E-state index is 2.75. The molecule has 4 aromatic rings. The molecule has 0 amide bonds. The van der Waals surface area contributed by atoms with Crippen LogP contribution in [0.25, 0.3) is 33.4 Å². The lowest BCUT2D eigenvalue weighted by molar-refractivity contribution is 0.207. The van der Waals surface area contributed by atoms with Gasteiger partial charge in [-0.2, -0.15) is 0 Å². The van der Waals surface area contributed by atoms with Gasteiger partial charge in [-0.3, -0.25) is 0 Å². The third-order valence-electron chi connectivity index (χ3n) is 14.6. The van der Waals surface area contributed by atoms with Gasteiger partial charge in [-0.25, -0.2) is 0 Å². The fourth-order valence-electron chi connectivity index (χ4n) is 12.4. The molecule has 43 heavy (non-hydrogen) atoms. The summed E-state index contributed by atoms with van der Waals surface area (Å²) in [4.78, 5) is 0. The maximum atomic E-state index is 2.75. The van der Waals surface area contributed by atoms with Crippen LogP contribution in [0.1, 0.15) is 126 Å². The van der Waals surface area contributed by atoms with Crippen LogP contribution in [0.5, 0.6) is 0 Å². The first kappa shape index (κ1) is 26.3. The van der Waals surface area contributed by atoms with Crippen molar-refractivity contribution < 1.29 is 0 Å². The van der Waals surface area contributed by atoms with Gasteiger partial charge in [-0.05, 0) is 153 Å². The number of benzene rings is 4. The Labute approximate surface area is 259 Å². The molecule has 0 heteroatoms. The average molecular weight is 563 g/mol. The van der Waals surface area contributed by atoms with E-state index in [9.17, 15) is 0 Å². The van der Waals surface area contributed by atoms with E-state index in [1.54, 1.807) is 44.5 Å². The van der Waals surface area contributed by atoms with Crippen LogP contribution >= 0.6 is 0 Å². The van der Waals surface area contributed by atoms with E-state index in [-0.39, 0.29) is 16.2 Å². The van der Waals surface area contributed by atoms with Gasteiger partial charge < -0.3 is 0 Å². The molecule has 0 aromatic heterocycles. The highest BCUT2D eigenvalue weighted by molar-refractivity contribution is 5.94. The quantitative estimate of drug-likeness (QED) is 0.232. The van der Waals surface area contributed by atoms with Gasteiger partial charge in [0.15, 0.2) is 0 Å². The topological polar surface area (TPSA) is 0 Å². The summed E-state index contributed by atoms with van der Waals surface area (Å²) in [6.07, 6.45) is 9.94. The number of hydrogen-bond donors (Lipinski definition) is 0. The molecule has 0 saturated heterocycles. The Morgan fingerprint density at radius 2 is 0.744 bits per heavy atom. The molecule has 2 saturated carbocycles. The van der Waals surface area contributed by atoms with Crippen molar-refractivity contribution in [3.05, 3.63) is 106 Å². The molecule has 218 valence electrons. The monoisotopic (exact) mass is 562 g/mol. The molecule has 1 spiro atoms. The summed E-state index contributed by atoms with van der Waals surface area (Å²) < 4.78 is 0. The third-order valence-corrected chi connectivity index (χ3v) is 14.6. The first-order valence-corrected chi connectivity index (χ1v) is 17.4. The summed E-state index contributed by atoms with van der Waals surface area (Å²) >= 11 is 0. The zero-order valence-electron chi connectivity index (χ0n) is 27.1. The fraction of sp³-hybridized carbons (Fsp3) is 0.442. The minimum Gasteiger partial charge on any atom is -0.0642 e. The largest absolute Gasteiger partial charge is 0.0642 e. The summed E-state index contributed by atoms with van der Waals surface area (Å²) in [5.41, 5.74) is 19.6. The smallest absolute Gasteiger partial charge is 0.0322 e. The normalized spacial score (nSPS) is 26.7. The van der Waals surface area contributed by atoms with Crippen molar-refractivity contribution in [2.24, 2.45) is 10.8 Å². The van der Waals surface area contributed by atoms with Crippen molar-refractivity contribution in [3.8, 4) is 33.4 Å². The Balaban J connectivity index is 1.42. The van der Waals surface area contributed by atoms with Gasteiger partial charge in [0.1, 0.15) is 0 Å². The molecule has 9 rings (SSSR count). The molecule has 0 atom stereocenters. The highest BCUT2D eigenvalue weighted by Gasteiger charge is 2.72. The van der Waals surface area contributed by atoms with E-state index in [1.807, 2.05) is 0 Å². The number of rotatable bonds is 4. The molecule has 0 radical (unpaired) electrons. The van der Waals surface area contributed by atoms with Crippen LogP contribution in [0.15, 0.2) is 72.8 Å². The minimum atomic E-state index is 0.0754. The summed E-state index contributed by atoms with van der Waals surface area (Å²) in [5, 5.41) is 0. The van der Waals surface area contributed by atoms with Gasteiger partial charge >= 0.3 is 0 Å². The zero-order valence-corrected chi connectivity index (χ0v) is 27.1. The molecule has 5 aliphatic carbocycles. The van der Waals surface area contributed by atoms with E-state index >= 15 is 0 Å². The highest BCUT2D eigenvalue weighted by Crippen LogP contribution is 2.79. The Morgan fingerprint density at radius 1 is 0.419 bits per heavy atom. The van der Waals surface area contributed by atoms with Crippen LogP contribution in [0.3, 0.4) is 0 Å². The van der Waals surface area contributed by atoms with Crippen LogP contribution in [0.4, 0.5) is 0 Å². The van der Waals surface area contributed by atoms with Gasteiger partial charge in [-0.15, -0.1) is 0 Å². The molecule has 0 aliphatic heterocycles. The molecule has 2 bridgehead atoms. The van der Waals surface area contributed by atoms with Gasteiger partial charge in [0.25, 0.3) is 0 Å². The molecule has 0 heterocycles. The Bertz CT molecular complexity index is 1710. The van der Waals surface area contributed by atoms with E-state index in [4.69, 9.17) is 0 Å². The lowest BCUT2D eigenvalue weighted by Gasteiger charge is -2.45. The van der Waals surface area contributed by atoms with E-state index in [2.05, 4.69) is 114 Å². The van der Waals surface area contributed by atoms with Crippen molar-refractivity contribution >= 4 is 0 Å². The fourth-order valence-corrected chi connectivity index (χ4v) is 12.4. The molecular weight excluding hydrogens is 516 g/mol. The van der Waals surface area contributed by atoms with Crippen LogP contribution < -0.4 is 0 Å². The summed E-state index contributed by atoms with van der Waals surface area (Å²) in [7, 11) is 0. The van der Waals surface area contributed by atoms with Gasteiger partial charge in [-0.1, -0.05) is 90.1 Å². The predicted octanol–water partition coefficient (Wildman–Crippen LogP) is 11.7. The Hall–Kier alpha value is -3.12. The van der Waals surface area contributed by atoms with E-state index in [1.165, 1.54) is 47.9 Å². The van der Waals surface area contributed by atoms with Gasteiger partial charge in [0.2, 0.25) is 0 Å². The first-order valence-electron chi connectivity index (χ1n) is 17.4. The Morgan fingerprint density at radius 3 is 1.12 bits per heavy atom. The second-order valence-electron chi connectivity index (χ2n) is 15.4. The molecular formula is C43H46. The van der Waals surface area contributed by atoms with Crippen LogP contribution in [-0.2, 0) is 16.2 Å². The molecule has 0 unspecified atom stereocenters. The summed E-state index contributed by atoms with van der Waals surface area (Å²) in [5.74, 6) is 0. The van der Waals surface area contributed by atoms with Gasteiger partial charge in [0.05, 0.1) is 0 Å². The zero-order chi connectivity index (χ0) is 29.6. The number of hydrogen-bond acceptors (Lipinski definition) is 0. The van der Waals surface area contributed by atoms with E-state index < -0.39 is 0 Å². The van der Waals surface area contributed by atoms with E-state index in [0.717, 1.165) is 25.7 Å². The van der Waals surface area contributed by atoms with Crippen molar-refractivity contribution in [2.45, 2.75) is 109 Å². The maximum Gasteiger partial charge on any atom is 0.0322 e. The second kappa shape index (κ2) is 8.12. The summed E-state index contributed by atoms with van der Waals surface area (Å²) in [6, 6.07) is 29.7. The molecule has 4 aromatic carbocycles. The van der Waals surface area contributed by atoms with E-state index in [0.29, 0.717) is 10.8 Å². The first-order chi connectivity index (χ1) is 20.8. The van der Waals surface area contributed by atoms with Crippen molar-refractivity contribution in [3.63, 3.8) is 0 Å². The van der Waals surface area contributed by atoms with Crippen LogP contribution in [0, 0.1) is 10.8 Å². The lowest BCUT2D eigenvalue weighted by atomic mass is 9.57. The standard InChI is InChI=1S/C43H46/c1-7-41(8-2)33-17-13-11-15-27(33)29-25-37-31(23-35(29)41)32-24-36-30(28-16-12-14-18-34(28)42(36,9-3)10-4)26-38(32)43(37)39(5)19-21-40(43,6)22-20-39/h11-18,23-26H,7-10,19-22H2,1-6H3. The SMILES string of the molecule is CCC1(CC)c2ccccc2-c2cc3c(cc21)-c1cc2c(cc1C31C3(C)CCC1(C)CC3)-c1ccccc1C2(CC)CC. The van der Waals surface area contributed by atoms with Crippen molar-refractivity contribution in [2.75, 3.05) is 0 Å². The molecule has 0 nitrogen and oxygen atoms in total. The van der Waals surface area contributed by atoms with Crippen LogP contribution in [-0.4, -0.2) is 0 Å². The van der Waals surface area contributed by atoms with Crippen LogP contribution in [0.2, 0.25) is 0 Å². The highest BCUT2D eigenvalue weighted by atomic mass is 14.7.